The molecule has 0 bridgehead atoms. The average Bonchev–Trinajstić information content (AvgIpc) is 2.62. The fourth-order valence-corrected chi connectivity index (χ4v) is 2.21. The van der Waals surface area contributed by atoms with Crippen LogP contribution in [0.15, 0.2) is 77.8 Å². The molecule has 1 amide bonds. The highest BCUT2D eigenvalue weighted by atomic mass is 19.1. The lowest BCUT2D eigenvalue weighted by molar-refractivity contribution is 0.102. The lowest BCUT2D eigenvalue weighted by Crippen LogP contribution is -2.11. The summed E-state index contributed by atoms with van der Waals surface area (Å²) >= 11 is 0. The highest BCUT2D eigenvalue weighted by Gasteiger charge is 2.06. The number of rotatable bonds is 4. The number of para-hydroxylation sites is 1. The van der Waals surface area contributed by atoms with Gasteiger partial charge in [-0.3, -0.25) is 9.79 Å². The number of nitrogens with zero attached hydrogens (tertiary/aromatic N) is 1. The number of amides is 1. The van der Waals surface area contributed by atoms with Crippen molar-refractivity contribution in [2.45, 2.75) is 0 Å². The predicted octanol–water partition coefficient (Wildman–Crippen LogP) is 4.53. The van der Waals surface area contributed by atoms with Crippen molar-refractivity contribution in [2.75, 3.05) is 5.32 Å². The molecule has 0 aliphatic carbocycles. The Balaban J connectivity index is 1.74. The Morgan fingerprint density at radius 2 is 1.76 bits per heavy atom. The van der Waals surface area contributed by atoms with Crippen LogP contribution in [0.2, 0.25) is 0 Å². The quantitative estimate of drug-likeness (QED) is 0.688. The molecular weight excluding hydrogens is 319 g/mol. The number of carbonyl (C=O) groups is 1. The van der Waals surface area contributed by atoms with E-state index in [1.807, 2.05) is 0 Å². The summed E-state index contributed by atoms with van der Waals surface area (Å²) in [5.41, 5.74) is 2.16. The normalized spacial score (nSPS) is 10.8. The summed E-state index contributed by atoms with van der Waals surface area (Å²) in [4.78, 5) is 16.5. The first kappa shape index (κ1) is 16.4. The first-order chi connectivity index (χ1) is 12.1. The molecule has 0 aliphatic heterocycles. The Labute approximate surface area is 144 Å². The number of hydrogen-bond acceptors (Lipinski definition) is 3. The largest absolute Gasteiger partial charge is 0.507 e. The zero-order valence-corrected chi connectivity index (χ0v) is 13.2. The second-order valence-electron chi connectivity index (χ2n) is 5.33. The van der Waals surface area contributed by atoms with Crippen LogP contribution in [0.5, 0.6) is 5.75 Å². The van der Waals surface area contributed by atoms with Crippen LogP contribution in [0, 0.1) is 5.82 Å². The molecule has 0 heterocycles. The number of benzene rings is 3. The molecule has 0 atom stereocenters. The molecular formula is C20H15FN2O2. The Hall–Kier alpha value is -3.47. The van der Waals surface area contributed by atoms with Gasteiger partial charge >= 0.3 is 0 Å². The van der Waals surface area contributed by atoms with Crippen molar-refractivity contribution >= 4 is 23.5 Å². The first-order valence-corrected chi connectivity index (χ1v) is 7.61. The second kappa shape index (κ2) is 7.40. The van der Waals surface area contributed by atoms with Crippen LogP contribution in [0.3, 0.4) is 0 Å². The maximum atomic E-state index is 12.9. The van der Waals surface area contributed by atoms with Crippen LogP contribution in [0.1, 0.15) is 15.9 Å². The Bertz CT molecular complexity index is 921. The van der Waals surface area contributed by atoms with Crippen molar-refractivity contribution in [1.29, 1.82) is 0 Å². The number of phenols is 1. The molecule has 0 spiro atoms. The fraction of sp³-hybridized carbons (Fsp3) is 0. The van der Waals surface area contributed by atoms with E-state index in [4.69, 9.17) is 0 Å². The Kier molecular flexibility index (Phi) is 4.85. The molecule has 3 aromatic rings. The van der Waals surface area contributed by atoms with Gasteiger partial charge in [-0.25, -0.2) is 4.39 Å². The molecule has 5 heteroatoms. The molecule has 0 saturated heterocycles. The number of phenolic OH excluding ortho intramolecular Hbond substituents is 1. The molecule has 2 N–H and O–H groups in total. The smallest absolute Gasteiger partial charge is 0.255 e. The topological polar surface area (TPSA) is 61.7 Å². The van der Waals surface area contributed by atoms with Gasteiger partial charge in [0.15, 0.2) is 0 Å². The lowest BCUT2D eigenvalue weighted by atomic mass is 10.2. The molecule has 0 aliphatic rings. The van der Waals surface area contributed by atoms with E-state index in [9.17, 15) is 14.3 Å². The van der Waals surface area contributed by atoms with E-state index >= 15 is 0 Å². The highest BCUT2D eigenvalue weighted by Crippen LogP contribution is 2.20. The van der Waals surface area contributed by atoms with Crippen molar-refractivity contribution in [1.82, 2.24) is 0 Å². The van der Waals surface area contributed by atoms with Crippen molar-refractivity contribution in [3.63, 3.8) is 0 Å². The summed E-state index contributed by atoms with van der Waals surface area (Å²) in [5, 5.41) is 12.5. The average molecular weight is 334 g/mol. The maximum absolute atomic E-state index is 12.9. The third kappa shape index (κ3) is 4.29. The molecule has 0 unspecified atom stereocenters. The number of nitrogens with one attached hydrogen (secondary N) is 1. The van der Waals surface area contributed by atoms with Crippen molar-refractivity contribution in [3.8, 4) is 5.75 Å². The Morgan fingerprint density at radius 3 is 2.52 bits per heavy atom. The minimum atomic E-state index is -0.392. The third-order valence-electron chi connectivity index (χ3n) is 3.50. The van der Waals surface area contributed by atoms with E-state index in [0.717, 1.165) is 0 Å². The van der Waals surface area contributed by atoms with Gasteiger partial charge in [0, 0.05) is 23.0 Å². The molecule has 124 valence electrons. The number of hydrogen-bond donors (Lipinski definition) is 2. The van der Waals surface area contributed by atoms with Gasteiger partial charge < -0.3 is 10.4 Å². The van der Waals surface area contributed by atoms with Crippen LogP contribution in [0.4, 0.5) is 15.8 Å². The summed E-state index contributed by atoms with van der Waals surface area (Å²) in [7, 11) is 0. The molecule has 3 aromatic carbocycles. The van der Waals surface area contributed by atoms with Gasteiger partial charge in [0.25, 0.3) is 5.91 Å². The number of carbonyl (C=O) groups excluding carboxylic acids is 1. The van der Waals surface area contributed by atoms with Crippen LogP contribution in [-0.2, 0) is 0 Å². The molecule has 0 saturated carbocycles. The number of aliphatic imine (C=N–C) groups is 1. The Morgan fingerprint density at radius 1 is 1.00 bits per heavy atom. The lowest BCUT2D eigenvalue weighted by Gasteiger charge is -2.06. The minimum absolute atomic E-state index is 0.145. The van der Waals surface area contributed by atoms with E-state index in [1.54, 1.807) is 54.7 Å². The van der Waals surface area contributed by atoms with Gasteiger partial charge in [0.05, 0.1) is 5.69 Å². The molecule has 3 rings (SSSR count). The third-order valence-corrected chi connectivity index (χ3v) is 3.50. The van der Waals surface area contributed by atoms with Gasteiger partial charge in [-0.2, -0.15) is 0 Å². The van der Waals surface area contributed by atoms with Gasteiger partial charge in [-0.15, -0.1) is 0 Å². The SMILES string of the molecule is O=C(Nc1cccc(N=Cc2ccccc2O)c1)c1ccc(F)cc1. The predicted molar refractivity (Wildman–Crippen MR) is 96.2 cm³/mol. The number of aromatic hydroxyl groups is 1. The van der Waals surface area contributed by atoms with E-state index in [2.05, 4.69) is 10.3 Å². The van der Waals surface area contributed by atoms with Crippen molar-refractivity contribution < 1.29 is 14.3 Å². The van der Waals surface area contributed by atoms with Gasteiger partial charge in [-0.05, 0) is 54.6 Å². The first-order valence-electron chi connectivity index (χ1n) is 7.61. The molecule has 25 heavy (non-hydrogen) atoms. The zero-order chi connectivity index (χ0) is 17.6. The van der Waals surface area contributed by atoms with Crippen LogP contribution in [0.25, 0.3) is 0 Å². The molecule has 4 nitrogen and oxygen atoms in total. The van der Waals surface area contributed by atoms with Crippen LogP contribution < -0.4 is 5.32 Å². The van der Waals surface area contributed by atoms with Gasteiger partial charge in [0.1, 0.15) is 11.6 Å². The van der Waals surface area contributed by atoms with Crippen molar-refractivity contribution in [2.24, 2.45) is 4.99 Å². The second-order valence-corrected chi connectivity index (χ2v) is 5.33. The van der Waals surface area contributed by atoms with Crippen molar-refractivity contribution in [3.05, 3.63) is 89.7 Å². The van der Waals surface area contributed by atoms with Gasteiger partial charge in [-0.1, -0.05) is 18.2 Å². The van der Waals surface area contributed by atoms with E-state index < -0.39 is 5.82 Å². The molecule has 0 fully saturated rings. The summed E-state index contributed by atoms with van der Waals surface area (Å²) in [5.74, 6) is -0.578. The standard InChI is InChI=1S/C20H15FN2O2/c21-16-10-8-14(9-11-16)20(25)23-18-6-3-5-17(12-18)22-13-15-4-1-2-7-19(15)24/h1-13,24H,(H,23,25). The number of halogens is 1. The maximum Gasteiger partial charge on any atom is 0.255 e. The summed E-state index contributed by atoms with van der Waals surface area (Å²) in [6, 6.07) is 19.2. The van der Waals surface area contributed by atoms with E-state index in [1.165, 1.54) is 24.3 Å². The number of anilines is 1. The van der Waals surface area contributed by atoms with Crippen LogP contribution >= 0.6 is 0 Å². The monoisotopic (exact) mass is 334 g/mol. The van der Waals surface area contributed by atoms with Crippen LogP contribution in [-0.4, -0.2) is 17.2 Å². The molecule has 0 radical (unpaired) electrons. The highest BCUT2D eigenvalue weighted by molar-refractivity contribution is 6.04. The van der Waals surface area contributed by atoms with Gasteiger partial charge in [0.2, 0.25) is 0 Å². The summed E-state index contributed by atoms with van der Waals surface area (Å²) < 4.78 is 12.9. The van der Waals surface area contributed by atoms with E-state index in [-0.39, 0.29) is 11.7 Å². The molecule has 0 aromatic heterocycles. The van der Waals surface area contributed by atoms with E-state index in [0.29, 0.717) is 22.5 Å². The summed E-state index contributed by atoms with van der Waals surface area (Å²) in [6.45, 7) is 0. The zero-order valence-electron chi connectivity index (χ0n) is 13.2. The summed E-state index contributed by atoms with van der Waals surface area (Å²) in [6.07, 6.45) is 1.55. The minimum Gasteiger partial charge on any atom is -0.507 e. The fourth-order valence-electron chi connectivity index (χ4n) is 2.21.